The molecule has 0 aliphatic rings. The number of hydrogen-bond acceptors (Lipinski definition) is 3. The van der Waals surface area contributed by atoms with Gasteiger partial charge in [-0.25, -0.2) is 9.36 Å². The monoisotopic (exact) mass is 469 g/mol. The van der Waals surface area contributed by atoms with Gasteiger partial charge in [-0.1, -0.05) is 67.9 Å². The van der Waals surface area contributed by atoms with E-state index in [0.717, 1.165) is 23.1 Å². The lowest BCUT2D eigenvalue weighted by molar-refractivity contribution is -0.120. The standard InChI is InChI=1S/C29H31N3O3/c1-20(2)15-16-30-27(33)18-22-11-13-24(14-12-22)32-28(34)25-9-4-5-10-26(25)31(29(32)35)19-23-8-6-7-21(3)17-23/h4-14,17,20H,15-16,18-19H2,1-3H3,(H,30,33). The van der Waals surface area contributed by atoms with Crippen molar-refractivity contribution in [2.75, 3.05) is 6.54 Å². The van der Waals surface area contributed by atoms with Crippen LogP contribution in [0.5, 0.6) is 0 Å². The lowest BCUT2D eigenvalue weighted by Crippen LogP contribution is -2.39. The Hall–Kier alpha value is -3.93. The van der Waals surface area contributed by atoms with E-state index in [0.29, 0.717) is 35.6 Å². The largest absolute Gasteiger partial charge is 0.356 e. The average Bonchev–Trinajstić information content (AvgIpc) is 2.83. The normalized spacial score (nSPS) is 11.2. The molecule has 4 aromatic rings. The van der Waals surface area contributed by atoms with E-state index in [1.54, 1.807) is 47.0 Å². The molecule has 1 N–H and O–H groups in total. The van der Waals surface area contributed by atoms with Crippen molar-refractivity contribution in [2.45, 2.75) is 40.2 Å². The van der Waals surface area contributed by atoms with Gasteiger partial charge in [-0.15, -0.1) is 0 Å². The number of aryl methyl sites for hydroxylation is 1. The molecule has 6 nitrogen and oxygen atoms in total. The number of fused-ring (bicyclic) bond motifs is 1. The lowest BCUT2D eigenvalue weighted by Gasteiger charge is -2.15. The van der Waals surface area contributed by atoms with Crippen molar-refractivity contribution in [2.24, 2.45) is 5.92 Å². The van der Waals surface area contributed by atoms with Crippen molar-refractivity contribution >= 4 is 16.8 Å². The van der Waals surface area contributed by atoms with E-state index in [1.165, 1.54) is 4.57 Å². The Morgan fingerprint density at radius 1 is 0.914 bits per heavy atom. The summed E-state index contributed by atoms with van der Waals surface area (Å²) >= 11 is 0. The first-order valence-electron chi connectivity index (χ1n) is 12.0. The topological polar surface area (TPSA) is 73.1 Å². The fourth-order valence-electron chi connectivity index (χ4n) is 4.21. The van der Waals surface area contributed by atoms with Gasteiger partial charge in [0.05, 0.1) is 29.6 Å². The number of nitrogens with one attached hydrogen (secondary N) is 1. The summed E-state index contributed by atoms with van der Waals surface area (Å²) in [6, 6.07) is 22.2. The van der Waals surface area contributed by atoms with Crippen molar-refractivity contribution in [3.05, 3.63) is 110 Å². The molecule has 180 valence electrons. The van der Waals surface area contributed by atoms with E-state index in [-0.39, 0.29) is 17.9 Å². The third-order valence-corrected chi connectivity index (χ3v) is 6.08. The van der Waals surface area contributed by atoms with Crippen LogP contribution in [0.1, 0.15) is 37.0 Å². The number of carbonyl (C=O) groups is 1. The van der Waals surface area contributed by atoms with Gasteiger partial charge in [-0.05, 0) is 54.7 Å². The smallest absolute Gasteiger partial charge is 0.336 e. The second-order valence-corrected chi connectivity index (χ2v) is 9.39. The van der Waals surface area contributed by atoms with Crippen LogP contribution in [0.4, 0.5) is 0 Å². The molecule has 0 aliphatic heterocycles. The first-order valence-corrected chi connectivity index (χ1v) is 12.0. The van der Waals surface area contributed by atoms with Crippen molar-refractivity contribution in [1.29, 1.82) is 0 Å². The van der Waals surface area contributed by atoms with Crippen LogP contribution < -0.4 is 16.6 Å². The number of benzene rings is 3. The average molecular weight is 470 g/mol. The highest BCUT2D eigenvalue weighted by atomic mass is 16.2. The van der Waals surface area contributed by atoms with E-state index in [9.17, 15) is 14.4 Å². The minimum absolute atomic E-state index is 0.0400. The Morgan fingerprint density at radius 3 is 2.37 bits per heavy atom. The van der Waals surface area contributed by atoms with Crippen LogP contribution in [0.3, 0.4) is 0 Å². The molecule has 0 radical (unpaired) electrons. The second kappa shape index (κ2) is 10.6. The molecular weight excluding hydrogens is 438 g/mol. The quantitative estimate of drug-likeness (QED) is 0.420. The van der Waals surface area contributed by atoms with Crippen LogP contribution in [0.25, 0.3) is 16.6 Å². The second-order valence-electron chi connectivity index (χ2n) is 9.39. The maximum absolute atomic E-state index is 13.6. The minimum Gasteiger partial charge on any atom is -0.356 e. The number of nitrogens with zero attached hydrogens (tertiary/aromatic N) is 2. The van der Waals surface area contributed by atoms with Gasteiger partial charge in [0, 0.05) is 6.54 Å². The molecule has 1 amide bonds. The molecule has 0 bridgehead atoms. The first-order chi connectivity index (χ1) is 16.8. The fourth-order valence-corrected chi connectivity index (χ4v) is 4.21. The van der Waals surface area contributed by atoms with E-state index in [2.05, 4.69) is 19.2 Å². The van der Waals surface area contributed by atoms with Gasteiger partial charge in [0.2, 0.25) is 5.91 Å². The summed E-state index contributed by atoms with van der Waals surface area (Å²) in [5, 5.41) is 3.41. The molecule has 1 heterocycles. The summed E-state index contributed by atoms with van der Waals surface area (Å²) in [6.45, 7) is 7.26. The maximum Gasteiger partial charge on any atom is 0.336 e. The minimum atomic E-state index is -0.394. The number of rotatable bonds is 8. The highest BCUT2D eigenvalue weighted by Crippen LogP contribution is 2.14. The number of para-hydroxylation sites is 1. The Balaban J connectivity index is 1.68. The van der Waals surface area contributed by atoms with Gasteiger partial charge in [0.1, 0.15) is 0 Å². The van der Waals surface area contributed by atoms with E-state index >= 15 is 0 Å². The molecular formula is C29H31N3O3. The summed E-state index contributed by atoms with van der Waals surface area (Å²) in [6.07, 6.45) is 1.19. The van der Waals surface area contributed by atoms with Gasteiger partial charge >= 0.3 is 5.69 Å². The predicted octanol–water partition coefficient (Wildman–Crippen LogP) is 4.21. The Kier molecular flexibility index (Phi) is 7.30. The molecule has 0 atom stereocenters. The van der Waals surface area contributed by atoms with Gasteiger partial charge < -0.3 is 5.32 Å². The van der Waals surface area contributed by atoms with Crippen LogP contribution in [0.15, 0.2) is 82.4 Å². The molecule has 4 rings (SSSR count). The third-order valence-electron chi connectivity index (χ3n) is 6.08. The predicted molar refractivity (Wildman–Crippen MR) is 140 cm³/mol. The van der Waals surface area contributed by atoms with Crippen LogP contribution in [-0.4, -0.2) is 21.6 Å². The summed E-state index contributed by atoms with van der Waals surface area (Å²) in [5.41, 5.74) is 3.25. The van der Waals surface area contributed by atoms with Gasteiger partial charge in [0.25, 0.3) is 5.56 Å². The van der Waals surface area contributed by atoms with Gasteiger partial charge in [-0.3, -0.25) is 14.2 Å². The van der Waals surface area contributed by atoms with E-state index < -0.39 is 5.69 Å². The SMILES string of the molecule is Cc1cccc(Cn2c(=O)n(-c3ccc(CC(=O)NCCC(C)C)cc3)c(=O)c3ccccc32)c1. The van der Waals surface area contributed by atoms with Crippen molar-refractivity contribution in [3.63, 3.8) is 0 Å². The molecule has 3 aromatic carbocycles. The van der Waals surface area contributed by atoms with Crippen LogP contribution in [-0.2, 0) is 17.8 Å². The number of hydrogen-bond donors (Lipinski definition) is 1. The lowest BCUT2D eigenvalue weighted by atomic mass is 10.1. The Morgan fingerprint density at radius 2 is 1.66 bits per heavy atom. The van der Waals surface area contributed by atoms with Crippen molar-refractivity contribution in [1.82, 2.24) is 14.5 Å². The molecule has 0 fully saturated rings. The van der Waals surface area contributed by atoms with Crippen molar-refractivity contribution < 1.29 is 4.79 Å². The first kappa shape index (κ1) is 24.2. The molecule has 0 unspecified atom stereocenters. The van der Waals surface area contributed by atoms with Crippen LogP contribution in [0, 0.1) is 12.8 Å². The molecule has 0 saturated carbocycles. The molecule has 1 aromatic heterocycles. The summed E-state index contributed by atoms with van der Waals surface area (Å²) in [5.74, 6) is 0.492. The number of carbonyl (C=O) groups excluding carboxylic acids is 1. The highest BCUT2D eigenvalue weighted by molar-refractivity contribution is 5.79. The Labute approximate surface area is 204 Å². The van der Waals surface area contributed by atoms with Gasteiger partial charge in [-0.2, -0.15) is 0 Å². The maximum atomic E-state index is 13.6. The summed E-state index contributed by atoms with van der Waals surface area (Å²) in [7, 11) is 0. The molecule has 0 spiro atoms. The number of amides is 1. The highest BCUT2D eigenvalue weighted by Gasteiger charge is 2.15. The zero-order chi connectivity index (χ0) is 24.9. The van der Waals surface area contributed by atoms with Crippen LogP contribution in [0.2, 0.25) is 0 Å². The fraction of sp³-hybridized carbons (Fsp3) is 0.276. The number of aromatic nitrogens is 2. The summed E-state index contributed by atoms with van der Waals surface area (Å²) < 4.78 is 2.85. The van der Waals surface area contributed by atoms with E-state index in [1.807, 2.05) is 37.3 Å². The summed E-state index contributed by atoms with van der Waals surface area (Å²) in [4.78, 5) is 39.1. The van der Waals surface area contributed by atoms with E-state index in [4.69, 9.17) is 0 Å². The molecule has 0 saturated heterocycles. The van der Waals surface area contributed by atoms with Crippen LogP contribution >= 0.6 is 0 Å². The van der Waals surface area contributed by atoms with Crippen molar-refractivity contribution in [3.8, 4) is 5.69 Å². The Bertz CT molecular complexity index is 1460. The molecule has 0 aliphatic carbocycles. The zero-order valence-electron chi connectivity index (χ0n) is 20.5. The van der Waals surface area contributed by atoms with Gasteiger partial charge in [0.15, 0.2) is 0 Å². The molecule has 35 heavy (non-hydrogen) atoms. The molecule has 6 heteroatoms. The third kappa shape index (κ3) is 5.60. The zero-order valence-corrected chi connectivity index (χ0v) is 20.5.